The molecule has 114 valence electrons. The van der Waals surface area contributed by atoms with Crippen LogP contribution in [0.15, 0.2) is 36.4 Å². The third-order valence-corrected chi connectivity index (χ3v) is 2.58. The molecular formula is C16H22N2O3. The fraction of sp³-hybridized carbons (Fsp3) is 0.375. The van der Waals surface area contributed by atoms with Crippen LogP contribution in [0, 0.1) is 0 Å². The zero-order valence-electron chi connectivity index (χ0n) is 12.7. The number of para-hydroxylation sites is 2. The van der Waals surface area contributed by atoms with Gasteiger partial charge in [-0.3, -0.25) is 9.59 Å². The van der Waals surface area contributed by atoms with E-state index in [4.69, 9.17) is 4.74 Å². The number of anilines is 1. The van der Waals surface area contributed by atoms with Crippen LogP contribution >= 0.6 is 0 Å². The summed E-state index contributed by atoms with van der Waals surface area (Å²) in [6.45, 7) is 9.25. The van der Waals surface area contributed by atoms with Gasteiger partial charge in [0.25, 0.3) is 0 Å². The summed E-state index contributed by atoms with van der Waals surface area (Å²) in [5.41, 5.74) is 1.51. The number of carbonyl (C=O) groups is 2. The average Bonchev–Trinajstić information content (AvgIpc) is 2.36. The van der Waals surface area contributed by atoms with Gasteiger partial charge >= 0.3 is 0 Å². The van der Waals surface area contributed by atoms with Crippen LogP contribution in [-0.4, -0.2) is 24.5 Å². The number of rotatable bonds is 7. The SMILES string of the molecule is C=C(C)COc1ccccc1NC(=O)CC(C)NC(C)=O. The summed E-state index contributed by atoms with van der Waals surface area (Å²) < 4.78 is 5.58. The maximum atomic E-state index is 12.0. The Morgan fingerprint density at radius 2 is 1.95 bits per heavy atom. The van der Waals surface area contributed by atoms with Gasteiger partial charge in [-0.1, -0.05) is 18.7 Å². The Balaban J connectivity index is 2.63. The molecule has 5 nitrogen and oxygen atoms in total. The summed E-state index contributed by atoms with van der Waals surface area (Å²) in [5, 5.41) is 5.47. The van der Waals surface area contributed by atoms with Crippen LogP contribution in [-0.2, 0) is 9.59 Å². The van der Waals surface area contributed by atoms with Gasteiger partial charge in [0, 0.05) is 19.4 Å². The minimum absolute atomic E-state index is 0.152. The van der Waals surface area contributed by atoms with E-state index in [-0.39, 0.29) is 24.3 Å². The second kappa shape index (κ2) is 8.09. The second-order valence-corrected chi connectivity index (χ2v) is 5.10. The lowest BCUT2D eigenvalue weighted by Gasteiger charge is -2.15. The molecular weight excluding hydrogens is 268 g/mol. The van der Waals surface area contributed by atoms with Gasteiger partial charge in [-0.05, 0) is 31.6 Å². The van der Waals surface area contributed by atoms with E-state index in [1.165, 1.54) is 6.92 Å². The lowest BCUT2D eigenvalue weighted by Crippen LogP contribution is -2.33. The summed E-state index contributed by atoms with van der Waals surface area (Å²) in [7, 11) is 0. The molecule has 0 fully saturated rings. The topological polar surface area (TPSA) is 67.4 Å². The maximum Gasteiger partial charge on any atom is 0.226 e. The zero-order valence-corrected chi connectivity index (χ0v) is 12.7. The van der Waals surface area contributed by atoms with Gasteiger partial charge in [-0.25, -0.2) is 0 Å². The molecule has 0 radical (unpaired) electrons. The number of amides is 2. The van der Waals surface area contributed by atoms with Crippen LogP contribution in [0.2, 0.25) is 0 Å². The van der Waals surface area contributed by atoms with Crippen molar-refractivity contribution in [3.8, 4) is 5.75 Å². The van der Waals surface area contributed by atoms with E-state index in [2.05, 4.69) is 17.2 Å². The summed E-state index contributed by atoms with van der Waals surface area (Å²) in [6.07, 6.45) is 0.203. The summed E-state index contributed by atoms with van der Waals surface area (Å²) in [4.78, 5) is 22.9. The summed E-state index contributed by atoms with van der Waals surface area (Å²) in [5.74, 6) is 0.268. The highest BCUT2D eigenvalue weighted by molar-refractivity contribution is 5.92. The molecule has 2 N–H and O–H groups in total. The highest BCUT2D eigenvalue weighted by Gasteiger charge is 2.12. The molecule has 0 bridgehead atoms. The highest BCUT2D eigenvalue weighted by atomic mass is 16.5. The fourth-order valence-corrected chi connectivity index (χ4v) is 1.77. The molecule has 1 aromatic carbocycles. The molecule has 1 rings (SSSR count). The Kier molecular flexibility index (Phi) is 6.46. The van der Waals surface area contributed by atoms with Crippen molar-refractivity contribution in [3.05, 3.63) is 36.4 Å². The molecule has 0 saturated heterocycles. The van der Waals surface area contributed by atoms with E-state index in [9.17, 15) is 9.59 Å². The molecule has 21 heavy (non-hydrogen) atoms. The number of carbonyl (C=O) groups excluding carboxylic acids is 2. The quantitative estimate of drug-likeness (QED) is 0.758. The molecule has 1 aromatic rings. The van der Waals surface area contributed by atoms with Crippen LogP contribution in [0.1, 0.15) is 27.2 Å². The Hall–Kier alpha value is -2.30. The van der Waals surface area contributed by atoms with Crippen molar-refractivity contribution < 1.29 is 14.3 Å². The van der Waals surface area contributed by atoms with E-state index < -0.39 is 0 Å². The van der Waals surface area contributed by atoms with E-state index in [1.807, 2.05) is 19.1 Å². The smallest absolute Gasteiger partial charge is 0.226 e. The largest absolute Gasteiger partial charge is 0.487 e. The first-order valence-electron chi connectivity index (χ1n) is 6.81. The maximum absolute atomic E-state index is 12.0. The highest BCUT2D eigenvalue weighted by Crippen LogP contribution is 2.24. The predicted octanol–water partition coefficient (Wildman–Crippen LogP) is 2.49. The monoisotopic (exact) mass is 290 g/mol. The second-order valence-electron chi connectivity index (χ2n) is 5.10. The van der Waals surface area contributed by atoms with Crippen molar-refractivity contribution in [1.29, 1.82) is 0 Å². The Bertz CT molecular complexity index is 526. The minimum atomic E-state index is -0.217. The van der Waals surface area contributed by atoms with Crippen LogP contribution in [0.3, 0.4) is 0 Å². The molecule has 0 aliphatic carbocycles. The molecule has 0 aromatic heterocycles. The minimum Gasteiger partial charge on any atom is -0.487 e. The molecule has 0 heterocycles. The molecule has 0 spiro atoms. The first-order valence-corrected chi connectivity index (χ1v) is 6.81. The number of hydrogen-bond donors (Lipinski definition) is 2. The van der Waals surface area contributed by atoms with Gasteiger partial charge in [0.1, 0.15) is 12.4 Å². The first-order chi connectivity index (χ1) is 9.88. The van der Waals surface area contributed by atoms with Crippen molar-refractivity contribution in [2.24, 2.45) is 0 Å². The fourth-order valence-electron chi connectivity index (χ4n) is 1.77. The molecule has 2 amide bonds. The Morgan fingerprint density at radius 3 is 2.57 bits per heavy atom. The van der Waals surface area contributed by atoms with Crippen LogP contribution in [0.4, 0.5) is 5.69 Å². The van der Waals surface area contributed by atoms with Crippen molar-refractivity contribution in [2.45, 2.75) is 33.2 Å². The van der Waals surface area contributed by atoms with Crippen LogP contribution < -0.4 is 15.4 Å². The molecule has 1 unspecified atom stereocenters. The van der Waals surface area contributed by atoms with Gasteiger partial charge in [-0.15, -0.1) is 0 Å². The normalized spacial score (nSPS) is 11.4. The number of ether oxygens (including phenoxy) is 1. The number of nitrogens with one attached hydrogen (secondary N) is 2. The lowest BCUT2D eigenvalue weighted by atomic mass is 10.2. The predicted molar refractivity (Wildman–Crippen MR) is 83.3 cm³/mol. The van der Waals surface area contributed by atoms with Gasteiger partial charge in [0.2, 0.25) is 11.8 Å². The third kappa shape index (κ3) is 6.61. The van der Waals surface area contributed by atoms with E-state index in [1.54, 1.807) is 19.1 Å². The van der Waals surface area contributed by atoms with Crippen LogP contribution in [0.5, 0.6) is 5.75 Å². The molecule has 1 atom stereocenters. The van der Waals surface area contributed by atoms with Crippen molar-refractivity contribution in [2.75, 3.05) is 11.9 Å². The van der Waals surface area contributed by atoms with Gasteiger partial charge in [0.15, 0.2) is 0 Å². The van der Waals surface area contributed by atoms with Gasteiger partial charge < -0.3 is 15.4 Å². The van der Waals surface area contributed by atoms with E-state index in [0.717, 1.165) is 5.57 Å². The third-order valence-electron chi connectivity index (χ3n) is 2.58. The number of benzene rings is 1. The van der Waals surface area contributed by atoms with E-state index >= 15 is 0 Å². The zero-order chi connectivity index (χ0) is 15.8. The summed E-state index contributed by atoms with van der Waals surface area (Å²) >= 11 is 0. The molecule has 0 saturated carbocycles. The van der Waals surface area contributed by atoms with Crippen molar-refractivity contribution >= 4 is 17.5 Å². The van der Waals surface area contributed by atoms with Gasteiger partial charge in [-0.2, -0.15) is 0 Å². The van der Waals surface area contributed by atoms with Crippen molar-refractivity contribution in [1.82, 2.24) is 5.32 Å². The summed E-state index contributed by atoms with van der Waals surface area (Å²) in [6, 6.07) is 7.00. The van der Waals surface area contributed by atoms with Crippen molar-refractivity contribution in [3.63, 3.8) is 0 Å². The standard InChI is InChI=1S/C16H22N2O3/c1-11(2)10-21-15-8-6-5-7-14(15)18-16(20)9-12(3)17-13(4)19/h5-8,12H,1,9-10H2,2-4H3,(H,17,19)(H,18,20). The Morgan fingerprint density at radius 1 is 1.29 bits per heavy atom. The van der Waals surface area contributed by atoms with Gasteiger partial charge in [0.05, 0.1) is 5.69 Å². The van der Waals surface area contributed by atoms with E-state index in [0.29, 0.717) is 18.0 Å². The Labute approximate surface area is 125 Å². The average molecular weight is 290 g/mol. The molecule has 0 aliphatic heterocycles. The first kappa shape index (κ1) is 16.8. The van der Waals surface area contributed by atoms with Crippen LogP contribution in [0.25, 0.3) is 0 Å². The molecule has 5 heteroatoms. The number of hydrogen-bond acceptors (Lipinski definition) is 3. The lowest BCUT2D eigenvalue weighted by molar-refractivity contribution is -0.120. The molecule has 0 aliphatic rings.